The van der Waals surface area contributed by atoms with Gasteiger partial charge in [0.1, 0.15) is 5.82 Å². The van der Waals surface area contributed by atoms with Crippen LogP contribution in [0.3, 0.4) is 0 Å². The van der Waals surface area contributed by atoms with Crippen molar-refractivity contribution in [2.75, 3.05) is 17.6 Å². The van der Waals surface area contributed by atoms with Gasteiger partial charge in [-0.05, 0) is 12.1 Å². The molecule has 0 unspecified atom stereocenters. The van der Waals surface area contributed by atoms with Gasteiger partial charge in [0, 0.05) is 34.1 Å². The summed E-state index contributed by atoms with van der Waals surface area (Å²) in [6.07, 6.45) is 0. The predicted octanol–water partition coefficient (Wildman–Crippen LogP) is 4.04. The highest BCUT2D eigenvalue weighted by atomic mass is 32.2. The maximum atomic E-state index is 4.51. The lowest BCUT2D eigenvalue weighted by molar-refractivity contribution is 0.555. The standard InChI is InChI=1S/C14H19N3S2/c1-14(2,3)12-16-13(19-17-12)15-9-10-18-11-7-5-4-6-8-11/h4-8H,9-10H2,1-3H3,(H,15,16,17). The number of rotatable bonds is 5. The first kappa shape index (κ1) is 14.3. The van der Waals surface area contributed by atoms with E-state index in [1.165, 1.54) is 16.4 Å². The van der Waals surface area contributed by atoms with Crippen molar-refractivity contribution in [3.8, 4) is 0 Å². The van der Waals surface area contributed by atoms with Crippen molar-refractivity contribution < 1.29 is 0 Å². The van der Waals surface area contributed by atoms with E-state index in [1.807, 2.05) is 17.8 Å². The van der Waals surface area contributed by atoms with Gasteiger partial charge < -0.3 is 5.32 Å². The Morgan fingerprint density at radius 3 is 2.58 bits per heavy atom. The summed E-state index contributed by atoms with van der Waals surface area (Å²) in [7, 11) is 0. The Morgan fingerprint density at radius 1 is 1.21 bits per heavy atom. The van der Waals surface area contributed by atoms with Gasteiger partial charge in [0.2, 0.25) is 5.13 Å². The monoisotopic (exact) mass is 293 g/mol. The maximum Gasteiger partial charge on any atom is 0.202 e. The molecule has 0 amide bonds. The Hall–Kier alpha value is -1.07. The van der Waals surface area contributed by atoms with Crippen LogP contribution in [0, 0.1) is 0 Å². The quantitative estimate of drug-likeness (QED) is 0.667. The van der Waals surface area contributed by atoms with Crippen LogP contribution in [-0.2, 0) is 5.41 Å². The summed E-state index contributed by atoms with van der Waals surface area (Å²) in [5.41, 5.74) is 0.0230. The van der Waals surface area contributed by atoms with Crippen LogP contribution in [-0.4, -0.2) is 21.7 Å². The lowest BCUT2D eigenvalue weighted by Gasteiger charge is -2.12. The molecule has 0 atom stereocenters. The van der Waals surface area contributed by atoms with E-state index >= 15 is 0 Å². The van der Waals surface area contributed by atoms with Crippen molar-refractivity contribution in [3.05, 3.63) is 36.2 Å². The van der Waals surface area contributed by atoms with E-state index in [4.69, 9.17) is 0 Å². The molecule has 1 heterocycles. The minimum atomic E-state index is 0.0230. The summed E-state index contributed by atoms with van der Waals surface area (Å²) in [5, 5.41) is 4.25. The van der Waals surface area contributed by atoms with E-state index in [2.05, 4.69) is 59.7 Å². The van der Waals surface area contributed by atoms with E-state index in [0.29, 0.717) is 0 Å². The summed E-state index contributed by atoms with van der Waals surface area (Å²) < 4.78 is 4.39. The second-order valence-corrected chi connectivity index (χ2v) is 7.18. The lowest BCUT2D eigenvalue weighted by Crippen LogP contribution is -2.13. The van der Waals surface area contributed by atoms with Crippen LogP contribution in [0.2, 0.25) is 0 Å². The average Bonchev–Trinajstić information content (AvgIpc) is 2.85. The van der Waals surface area contributed by atoms with Crippen molar-refractivity contribution in [2.24, 2.45) is 0 Å². The van der Waals surface area contributed by atoms with Gasteiger partial charge in [0.15, 0.2) is 0 Å². The third-order valence-corrected chi connectivity index (χ3v) is 4.17. The second kappa shape index (κ2) is 6.39. The zero-order valence-electron chi connectivity index (χ0n) is 11.5. The normalized spacial score (nSPS) is 11.5. The molecule has 0 aliphatic heterocycles. The van der Waals surface area contributed by atoms with Crippen LogP contribution in [0.25, 0.3) is 0 Å². The molecule has 0 aliphatic carbocycles. The minimum absolute atomic E-state index is 0.0230. The molecule has 1 aromatic carbocycles. The van der Waals surface area contributed by atoms with Crippen LogP contribution in [0.5, 0.6) is 0 Å². The van der Waals surface area contributed by atoms with Crippen molar-refractivity contribution >= 4 is 28.4 Å². The lowest BCUT2D eigenvalue weighted by atomic mass is 9.96. The Balaban J connectivity index is 1.76. The van der Waals surface area contributed by atoms with E-state index in [1.54, 1.807) is 0 Å². The Morgan fingerprint density at radius 2 is 1.95 bits per heavy atom. The van der Waals surface area contributed by atoms with E-state index in [9.17, 15) is 0 Å². The minimum Gasteiger partial charge on any atom is -0.359 e. The fourth-order valence-corrected chi connectivity index (χ4v) is 3.01. The molecule has 0 saturated carbocycles. The Kier molecular flexibility index (Phi) is 4.82. The first-order chi connectivity index (χ1) is 9.05. The fraction of sp³-hybridized carbons (Fsp3) is 0.429. The average molecular weight is 293 g/mol. The molecule has 3 nitrogen and oxygen atoms in total. The molecule has 0 fully saturated rings. The van der Waals surface area contributed by atoms with E-state index < -0.39 is 0 Å². The number of nitrogens with zero attached hydrogens (tertiary/aromatic N) is 2. The van der Waals surface area contributed by atoms with Gasteiger partial charge in [-0.1, -0.05) is 39.0 Å². The second-order valence-electron chi connectivity index (χ2n) is 5.26. The highest BCUT2D eigenvalue weighted by Crippen LogP contribution is 2.23. The highest BCUT2D eigenvalue weighted by Gasteiger charge is 2.19. The SMILES string of the molecule is CC(C)(C)c1nsc(NCCSc2ccccc2)n1. The molecule has 0 aliphatic rings. The molecule has 5 heteroatoms. The number of benzene rings is 1. The van der Waals surface area contributed by atoms with Crippen LogP contribution < -0.4 is 5.32 Å². The molecular formula is C14H19N3S2. The molecule has 0 bridgehead atoms. The van der Waals surface area contributed by atoms with Crippen molar-refractivity contribution in [2.45, 2.75) is 31.1 Å². The first-order valence-corrected chi connectivity index (χ1v) is 8.07. The number of thioether (sulfide) groups is 1. The van der Waals surface area contributed by atoms with Gasteiger partial charge in [-0.25, -0.2) is 4.98 Å². The fourth-order valence-electron chi connectivity index (χ4n) is 1.44. The smallest absolute Gasteiger partial charge is 0.202 e. The number of anilines is 1. The zero-order valence-corrected chi connectivity index (χ0v) is 13.1. The molecule has 0 saturated heterocycles. The molecule has 1 aromatic heterocycles. The summed E-state index contributed by atoms with van der Waals surface area (Å²) in [6.45, 7) is 7.29. The van der Waals surface area contributed by atoms with Crippen molar-refractivity contribution in [3.63, 3.8) is 0 Å². The number of hydrogen-bond acceptors (Lipinski definition) is 5. The topological polar surface area (TPSA) is 37.8 Å². The van der Waals surface area contributed by atoms with Gasteiger partial charge in [-0.15, -0.1) is 11.8 Å². The Labute approximate surface area is 123 Å². The summed E-state index contributed by atoms with van der Waals surface area (Å²) in [4.78, 5) is 5.82. The number of hydrogen-bond donors (Lipinski definition) is 1. The van der Waals surface area contributed by atoms with Crippen LogP contribution >= 0.6 is 23.3 Å². The molecule has 2 rings (SSSR count). The largest absolute Gasteiger partial charge is 0.359 e. The molecule has 0 radical (unpaired) electrons. The van der Waals surface area contributed by atoms with Crippen molar-refractivity contribution in [1.29, 1.82) is 0 Å². The third kappa shape index (κ3) is 4.51. The van der Waals surface area contributed by atoms with E-state index in [-0.39, 0.29) is 5.41 Å². The molecule has 2 aromatic rings. The summed E-state index contributed by atoms with van der Waals surface area (Å²) >= 11 is 3.29. The Bertz CT molecular complexity index is 503. The maximum absolute atomic E-state index is 4.51. The molecule has 19 heavy (non-hydrogen) atoms. The van der Waals surface area contributed by atoms with Crippen LogP contribution in [0.1, 0.15) is 26.6 Å². The zero-order chi connectivity index (χ0) is 13.7. The molecule has 102 valence electrons. The molecule has 1 N–H and O–H groups in total. The highest BCUT2D eigenvalue weighted by molar-refractivity contribution is 7.99. The van der Waals surface area contributed by atoms with Gasteiger partial charge in [0.25, 0.3) is 0 Å². The summed E-state index contributed by atoms with van der Waals surface area (Å²) in [6, 6.07) is 10.4. The van der Waals surface area contributed by atoms with Crippen LogP contribution in [0.4, 0.5) is 5.13 Å². The van der Waals surface area contributed by atoms with Crippen molar-refractivity contribution in [1.82, 2.24) is 9.36 Å². The molecular weight excluding hydrogens is 274 g/mol. The number of nitrogens with one attached hydrogen (secondary N) is 1. The number of aromatic nitrogens is 2. The van der Waals surface area contributed by atoms with Crippen LogP contribution in [0.15, 0.2) is 35.2 Å². The van der Waals surface area contributed by atoms with Gasteiger partial charge in [0.05, 0.1) is 0 Å². The third-order valence-electron chi connectivity index (χ3n) is 2.49. The first-order valence-electron chi connectivity index (χ1n) is 6.31. The van der Waals surface area contributed by atoms with Gasteiger partial charge >= 0.3 is 0 Å². The van der Waals surface area contributed by atoms with E-state index in [0.717, 1.165) is 23.3 Å². The predicted molar refractivity (Wildman–Crippen MR) is 84.3 cm³/mol. The van der Waals surface area contributed by atoms with Gasteiger partial charge in [-0.2, -0.15) is 4.37 Å². The molecule has 0 spiro atoms. The van der Waals surface area contributed by atoms with Gasteiger partial charge in [-0.3, -0.25) is 0 Å². The summed E-state index contributed by atoms with van der Waals surface area (Å²) in [5.74, 6) is 1.93.